The molecule has 110 valence electrons. The lowest BCUT2D eigenvalue weighted by Crippen LogP contribution is -2.24. The van der Waals surface area contributed by atoms with E-state index in [0.717, 1.165) is 21.8 Å². The molecule has 6 heteroatoms. The van der Waals surface area contributed by atoms with Gasteiger partial charge in [0.1, 0.15) is 5.75 Å². The molecule has 0 saturated heterocycles. The summed E-state index contributed by atoms with van der Waals surface area (Å²) in [6.07, 6.45) is 1.51. The zero-order valence-corrected chi connectivity index (χ0v) is 13.0. The lowest BCUT2D eigenvalue weighted by molar-refractivity contribution is -0.123. The summed E-state index contributed by atoms with van der Waals surface area (Å²) >= 11 is 1.53. The van der Waals surface area contributed by atoms with E-state index in [0.29, 0.717) is 5.75 Å². The van der Waals surface area contributed by atoms with Gasteiger partial charge in [0.25, 0.3) is 5.91 Å². The number of benzene rings is 1. The van der Waals surface area contributed by atoms with E-state index < -0.39 is 0 Å². The number of rotatable bonds is 5. The molecule has 0 atom stereocenters. The fraction of sp³-hybridized carbons (Fsp3) is 0.267. The van der Waals surface area contributed by atoms with Crippen LogP contribution in [0, 0.1) is 20.8 Å². The molecule has 0 aliphatic heterocycles. The van der Waals surface area contributed by atoms with Crippen LogP contribution >= 0.6 is 11.3 Å². The van der Waals surface area contributed by atoms with Crippen LogP contribution in [0.2, 0.25) is 0 Å². The maximum atomic E-state index is 11.6. The van der Waals surface area contributed by atoms with Gasteiger partial charge in [-0.3, -0.25) is 4.79 Å². The van der Waals surface area contributed by atoms with Gasteiger partial charge in [0.2, 0.25) is 0 Å². The molecular formula is C15H17N3O2S. The van der Waals surface area contributed by atoms with Gasteiger partial charge >= 0.3 is 0 Å². The number of hydrogen-bond acceptors (Lipinski definition) is 5. The number of hydrazone groups is 1. The minimum absolute atomic E-state index is 0.0717. The minimum Gasteiger partial charge on any atom is -0.483 e. The summed E-state index contributed by atoms with van der Waals surface area (Å²) in [6.45, 7) is 5.76. The van der Waals surface area contributed by atoms with Gasteiger partial charge in [-0.15, -0.1) is 11.3 Å². The summed E-state index contributed by atoms with van der Waals surface area (Å²) in [5.41, 5.74) is 5.23. The van der Waals surface area contributed by atoms with Crippen molar-refractivity contribution in [3.8, 4) is 5.75 Å². The number of amides is 1. The molecule has 21 heavy (non-hydrogen) atoms. The zero-order valence-electron chi connectivity index (χ0n) is 12.2. The van der Waals surface area contributed by atoms with E-state index in [1.165, 1.54) is 17.6 Å². The Labute approximate surface area is 127 Å². The van der Waals surface area contributed by atoms with Gasteiger partial charge in [0.05, 0.1) is 16.9 Å². The first-order valence-corrected chi connectivity index (χ1v) is 7.36. The second-order valence-electron chi connectivity index (χ2n) is 4.64. The molecule has 0 saturated carbocycles. The minimum atomic E-state index is -0.306. The van der Waals surface area contributed by atoms with Crippen LogP contribution in [0.4, 0.5) is 0 Å². The number of carbonyl (C=O) groups excluding carboxylic acids is 1. The van der Waals surface area contributed by atoms with Gasteiger partial charge in [-0.25, -0.2) is 10.4 Å². The highest BCUT2D eigenvalue weighted by Gasteiger charge is 2.04. The van der Waals surface area contributed by atoms with Crippen LogP contribution in [0.25, 0.3) is 0 Å². The molecular weight excluding hydrogens is 286 g/mol. The summed E-state index contributed by atoms with van der Waals surface area (Å²) in [5, 5.41) is 6.68. The highest BCUT2D eigenvalue weighted by Crippen LogP contribution is 2.18. The highest BCUT2D eigenvalue weighted by atomic mass is 32.1. The number of aryl methyl sites for hydroxylation is 3. The molecule has 1 aromatic carbocycles. The van der Waals surface area contributed by atoms with E-state index in [1.807, 2.05) is 44.4 Å². The van der Waals surface area contributed by atoms with E-state index in [9.17, 15) is 4.79 Å². The summed E-state index contributed by atoms with van der Waals surface area (Å²) in [4.78, 5) is 15.8. The normalized spacial score (nSPS) is 10.8. The van der Waals surface area contributed by atoms with Crippen molar-refractivity contribution in [2.75, 3.05) is 6.61 Å². The molecule has 2 aromatic rings. The SMILES string of the molecule is Cc1ccc(C)c(OCC(=O)N/N=C/c2csc(C)n2)c1. The van der Waals surface area contributed by atoms with Crippen LogP contribution in [0.1, 0.15) is 21.8 Å². The number of nitrogens with one attached hydrogen (secondary N) is 1. The summed E-state index contributed by atoms with van der Waals surface area (Å²) in [7, 11) is 0. The molecule has 0 unspecified atom stereocenters. The third kappa shape index (κ3) is 4.68. The van der Waals surface area contributed by atoms with Crippen molar-refractivity contribution in [3.63, 3.8) is 0 Å². The van der Waals surface area contributed by atoms with Crippen molar-refractivity contribution < 1.29 is 9.53 Å². The van der Waals surface area contributed by atoms with Crippen molar-refractivity contribution in [2.45, 2.75) is 20.8 Å². The number of hydrogen-bond donors (Lipinski definition) is 1. The van der Waals surface area contributed by atoms with E-state index in [-0.39, 0.29) is 12.5 Å². The Balaban J connectivity index is 1.82. The van der Waals surface area contributed by atoms with Crippen LogP contribution in [-0.2, 0) is 4.79 Å². The van der Waals surface area contributed by atoms with Crippen LogP contribution in [0.3, 0.4) is 0 Å². The lowest BCUT2D eigenvalue weighted by atomic mass is 10.1. The lowest BCUT2D eigenvalue weighted by Gasteiger charge is -2.08. The van der Waals surface area contributed by atoms with Gasteiger partial charge in [-0.2, -0.15) is 5.10 Å². The summed E-state index contributed by atoms with van der Waals surface area (Å²) < 4.78 is 5.49. The molecule has 5 nitrogen and oxygen atoms in total. The van der Waals surface area contributed by atoms with Crippen LogP contribution < -0.4 is 10.2 Å². The number of aromatic nitrogens is 1. The largest absolute Gasteiger partial charge is 0.483 e. The quantitative estimate of drug-likeness (QED) is 0.682. The maximum absolute atomic E-state index is 11.6. The van der Waals surface area contributed by atoms with E-state index in [2.05, 4.69) is 15.5 Å². The van der Waals surface area contributed by atoms with Gasteiger partial charge in [-0.05, 0) is 38.0 Å². The Kier molecular flexibility index (Phi) is 5.05. The molecule has 1 aromatic heterocycles. The topological polar surface area (TPSA) is 63.6 Å². The van der Waals surface area contributed by atoms with Crippen LogP contribution in [-0.4, -0.2) is 23.7 Å². The Bertz CT molecular complexity index is 665. The molecule has 1 amide bonds. The first-order valence-electron chi connectivity index (χ1n) is 6.48. The van der Waals surface area contributed by atoms with Crippen molar-refractivity contribution >= 4 is 23.5 Å². The highest BCUT2D eigenvalue weighted by molar-refractivity contribution is 7.09. The van der Waals surface area contributed by atoms with E-state index in [1.54, 1.807) is 0 Å². The fourth-order valence-electron chi connectivity index (χ4n) is 1.65. The second kappa shape index (κ2) is 6.99. The van der Waals surface area contributed by atoms with Crippen molar-refractivity contribution in [3.05, 3.63) is 45.4 Å². The molecule has 0 bridgehead atoms. The third-order valence-corrected chi connectivity index (χ3v) is 3.52. The Morgan fingerprint density at radius 1 is 1.43 bits per heavy atom. The first-order chi connectivity index (χ1) is 10.0. The summed E-state index contributed by atoms with van der Waals surface area (Å²) in [5.74, 6) is 0.406. The van der Waals surface area contributed by atoms with E-state index in [4.69, 9.17) is 4.74 Å². The molecule has 2 rings (SSSR count). The van der Waals surface area contributed by atoms with E-state index >= 15 is 0 Å². The predicted octanol–water partition coefficient (Wildman–Crippen LogP) is 2.60. The van der Waals surface area contributed by atoms with Crippen molar-refractivity contribution in [1.82, 2.24) is 10.4 Å². The van der Waals surface area contributed by atoms with Gasteiger partial charge < -0.3 is 4.74 Å². The Hall–Kier alpha value is -2.21. The number of thiazole rings is 1. The molecule has 0 aliphatic rings. The number of nitrogens with zero attached hydrogens (tertiary/aromatic N) is 2. The summed E-state index contributed by atoms with van der Waals surface area (Å²) in [6, 6.07) is 5.87. The fourth-order valence-corrected chi connectivity index (χ4v) is 2.21. The molecule has 0 fully saturated rings. The van der Waals surface area contributed by atoms with Crippen LogP contribution in [0.5, 0.6) is 5.75 Å². The standard InChI is InChI=1S/C15H17N3O2S/c1-10-4-5-11(2)14(6-10)20-8-15(19)18-16-7-13-9-21-12(3)17-13/h4-7,9H,8H2,1-3H3,(H,18,19)/b16-7+. The number of carbonyl (C=O) groups is 1. The monoisotopic (exact) mass is 303 g/mol. The Morgan fingerprint density at radius 3 is 2.95 bits per heavy atom. The maximum Gasteiger partial charge on any atom is 0.277 e. The molecule has 1 heterocycles. The van der Waals surface area contributed by atoms with Gasteiger partial charge in [-0.1, -0.05) is 12.1 Å². The third-order valence-electron chi connectivity index (χ3n) is 2.73. The molecule has 1 N–H and O–H groups in total. The smallest absolute Gasteiger partial charge is 0.277 e. The van der Waals surface area contributed by atoms with Crippen molar-refractivity contribution in [2.24, 2.45) is 5.10 Å². The van der Waals surface area contributed by atoms with Crippen molar-refractivity contribution in [1.29, 1.82) is 0 Å². The zero-order chi connectivity index (χ0) is 15.2. The van der Waals surface area contributed by atoms with Gasteiger partial charge in [0, 0.05) is 5.38 Å². The van der Waals surface area contributed by atoms with Crippen LogP contribution in [0.15, 0.2) is 28.7 Å². The van der Waals surface area contributed by atoms with Gasteiger partial charge in [0.15, 0.2) is 6.61 Å². The first kappa shape index (κ1) is 15.2. The average Bonchev–Trinajstić information content (AvgIpc) is 2.85. The second-order valence-corrected chi connectivity index (χ2v) is 5.70. The predicted molar refractivity (Wildman–Crippen MR) is 84.0 cm³/mol. The molecule has 0 spiro atoms. The average molecular weight is 303 g/mol. The Morgan fingerprint density at radius 2 is 2.24 bits per heavy atom. The number of ether oxygens (including phenoxy) is 1. The molecule has 0 aliphatic carbocycles. The molecule has 0 radical (unpaired) electrons.